The molecule has 0 radical (unpaired) electrons. The van der Waals surface area contributed by atoms with Gasteiger partial charge in [0.05, 0.1) is 0 Å². The number of halogens is 1. The zero-order valence-electron chi connectivity index (χ0n) is 13.0. The molecule has 4 rings (SSSR count). The van der Waals surface area contributed by atoms with E-state index in [1.54, 1.807) is 19.1 Å². The number of anilines is 1. The first-order valence-corrected chi connectivity index (χ1v) is 7.62. The fraction of sp³-hybridized carbons (Fsp3) is 0.0500. The summed E-state index contributed by atoms with van der Waals surface area (Å²) in [5, 5.41) is 5.45. The molecule has 0 fully saturated rings. The van der Waals surface area contributed by atoms with Crippen LogP contribution in [-0.4, -0.2) is 5.91 Å². The highest BCUT2D eigenvalue weighted by molar-refractivity contribution is 6.10. The van der Waals surface area contributed by atoms with Crippen molar-refractivity contribution in [2.24, 2.45) is 0 Å². The second-order valence-corrected chi connectivity index (χ2v) is 5.65. The molecule has 118 valence electrons. The number of carbonyl (C=O) groups is 1. The third-order valence-electron chi connectivity index (χ3n) is 4.16. The highest BCUT2D eigenvalue weighted by Crippen LogP contribution is 2.29. The van der Waals surface area contributed by atoms with Crippen LogP contribution in [-0.2, 0) is 0 Å². The van der Waals surface area contributed by atoms with E-state index in [4.69, 9.17) is 4.42 Å². The Balaban J connectivity index is 1.77. The molecule has 3 aromatic carbocycles. The number of rotatable bonds is 2. The Bertz CT molecular complexity index is 1080. The molecule has 0 saturated heterocycles. The maximum atomic E-state index is 13.9. The SMILES string of the molecule is Cc1c(C(=O)Nc2cccc3ccccc23)oc2c(F)cccc12. The fourth-order valence-electron chi connectivity index (χ4n) is 2.94. The number of hydrogen-bond acceptors (Lipinski definition) is 2. The van der Waals surface area contributed by atoms with Gasteiger partial charge in [0.2, 0.25) is 0 Å². The fourth-order valence-corrected chi connectivity index (χ4v) is 2.94. The van der Waals surface area contributed by atoms with Crippen molar-refractivity contribution < 1.29 is 13.6 Å². The number of nitrogens with one attached hydrogen (secondary N) is 1. The van der Waals surface area contributed by atoms with Crippen LogP contribution in [0.25, 0.3) is 21.7 Å². The van der Waals surface area contributed by atoms with Crippen molar-refractivity contribution in [3.63, 3.8) is 0 Å². The molecule has 1 heterocycles. The maximum absolute atomic E-state index is 13.9. The molecule has 0 bridgehead atoms. The second-order valence-electron chi connectivity index (χ2n) is 5.65. The number of carbonyl (C=O) groups excluding carboxylic acids is 1. The van der Waals surface area contributed by atoms with Crippen LogP contribution in [0.1, 0.15) is 16.1 Å². The van der Waals surface area contributed by atoms with Gasteiger partial charge in [0.15, 0.2) is 17.2 Å². The number of para-hydroxylation sites is 1. The third kappa shape index (κ3) is 2.24. The van der Waals surface area contributed by atoms with E-state index in [9.17, 15) is 9.18 Å². The van der Waals surface area contributed by atoms with Gasteiger partial charge >= 0.3 is 0 Å². The molecule has 1 amide bonds. The van der Waals surface area contributed by atoms with Crippen molar-refractivity contribution in [2.75, 3.05) is 5.32 Å². The molecule has 3 nitrogen and oxygen atoms in total. The standard InChI is InChI=1S/C20H14FNO2/c1-12-14-9-5-10-16(21)19(14)24-18(12)20(23)22-17-11-4-7-13-6-2-3-8-15(13)17/h2-11H,1H3,(H,22,23). The number of furan rings is 1. The molecule has 0 aliphatic carbocycles. The summed E-state index contributed by atoms with van der Waals surface area (Å²) >= 11 is 0. The van der Waals surface area contributed by atoms with Crippen LogP contribution >= 0.6 is 0 Å². The van der Waals surface area contributed by atoms with Crippen molar-refractivity contribution in [3.05, 3.63) is 77.8 Å². The molecular weight excluding hydrogens is 305 g/mol. The molecule has 0 spiro atoms. The Morgan fingerprint density at radius 3 is 2.50 bits per heavy atom. The molecule has 1 aromatic heterocycles. The van der Waals surface area contributed by atoms with E-state index >= 15 is 0 Å². The first kappa shape index (κ1) is 14.5. The van der Waals surface area contributed by atoms with Gasteiger partial charge in [0.25, 0.3) is 5.91 Å². The number of fused-ring (bicyclic) bond motifs is 2. The van der Waals surface area contributed by atoms with Gasteiger partial charge in [-0.1, -0.05) is 48.5 Å². The van der Waals surface area contributed by atoms with Gasteiger partial charge in [-0.3, -0.25) is 4.79 Å². The summed E-state index contributed by atoms with van der Waals surface area (Å²) in [5.74, 6) is -0.734. The molecule has 4 heteroatoms. The highest BCUT2D eigenvalue weighted by Gasteiger charge is 2.20. The third-order valence-corrected chi connectivity index (χ3v) is 4.16. The van der Waals surface area contributed by atoms with Crippen LogP contribution in [0.3, 0.4) is 0 Å². The second kappa shape index (κ2) is 5.49. The predicted molar refractivity (Wildman–Crippen MR) is 92.8 cm³/mol. The van der Waals surface area contributed by atoms with Crippen molar-refractivity contribution >= 4 is 33.3 Å². The molecule has 24 heavy (non-hydrogen) atoms. The first-order valence-electron chi connectivity index (χ1n) is 7.62. The quantitative estimate of drug-likeness (QED) is 0.546. The summed E-state index contributed by atoms with van der Waals surface area (Å²) in [5.41, 5.74) is 1.43. The van der Waals surface area contributed by atoms with Crippen molar-refractivity contribution in [3.8, 4) is 0 Å². The Kier molecular flexibility index (Phi) is 3.31. The molecule has 0 unspecified atom stereocenters. The van der Waals surface area contributed by atoms with Gasteiger partial charge in [-0.05, 0) is 24.4 Å². The highest BCUT2D eigenvalue weighted by atomic mass is 19.1. The minimum Gasteiger partial charge on any atom is -0.448 e. The van der Waals surface area contributed by atoms with E-state index in [2.05, 4.69) is 5.32 Å². The van der Waals surface area contributed by atoms with Crippen LogP contribution in [0.4, 0.5) is 10.1 Å². The zero-order chi connectivity index (χ0) is 16.7. The van der Waals surface area contributed by atoms with Crippen molar-refractivity contribution in [1.29, 1.82) is 0 Å². The first-order chi connectivity index (χ1) is 11.6. The molecule has 4 aromatic rings. The van der Waals surface area contributed by atoms with E-state index < -0.39 is 5.82 Å². The number of hydrogen-bond donors (Lipinski definition) is 1. The Morgan fingerprint density at radius 2 is 1.67 bits per heavy atom. The van der Waals surface area contributed by atoms with E-state index in [1.165, 1.54) is 6.07 Å². The number of amides is 1. The summed E-state index contributed by atoms with van der Waals surface area (Å²) in [6.45, 7) is 1.75. The van der Waals surface area contributed by atoms with Crippen molar-refractivity contribution in [2.45, 2.75) is 6.92 Å². The Morgan fingerprint density at radius 1 is 0.958 bits per heavy atom. The van der Waals surface area contributed by atoms with Crippen LogP contribution in [0, 0.1) is 12.7 Å². The summed E-state index contributed by atoms with van der Waals surface area (Å²) < 4.78 is 19.3. The van der Waals surface area contributed by atoms with E-state index in [0.717, 1.165) is 10.8 Å². The smallest absolute Gasteiger partial charge is 0.291 e. The Labute approximate surface area is 137 Å². The number of benzene rings is 3. The van der Waals surface area contributed by atoms with Gasteiger partial charge < -0.3 is 9.73 Å². The summed E-state index contributed by atoms with van der Waals surface area (Å²) in [4.78, 5) is 12.6. The Hall–Kier alpha value is -3.14. The lowest BCUT2D eigenvalue weighted by Gasteiger charge is -2.07. The summed E-state index contributed by atoms with van der Waals surface area (Å²) in [7, 11) is 0. The maximum Gasteiger partial charge on any atom is 0.291 e. The lowest BCUT2D eigenvalue weighted by atomic mass is 10.1. The van der Waals surface area contributed by atoms with Crippen LogP contribution in [0.5, 0.6) is 0 Å². The molecule has 0 aliphatic rings. The average Bonchev–Trinajstić information content (AvgIpc) is 2.94. The predicted octanol–water partition coefficient (Wildman–Crippen LogP) is 5.29. The van der Waals surface area contributed by atoms with Gasteiger partial charge in [-0.2, -0.15) is 0 Å². The minimum absolute atomic E-state index is 0.109. The summed E-state index contributed by atoms with van der Waals surface area (Å²) in [6.07, 6.45) is 0. The normalized spacial score (nSPS) is 11.1. The minimum atomic E-state index is -0.472. The van der Waals surface area contributed by atoms with E-state index in [0.29, 0.717) is 16.6 Å². The molecule has 1 N–H and O–H groups in total. The van der Waals surface area contributed by atoms with Gasteiger partial charge in [0.1, 0.15) is 0 Å². The number of aryl methyl sites for hydroxylation is 1. The van der Waals surface area contributed by atoms with E-state index in [-0.39, 0.29) is 17.3 Å². The molecule has 0 atom stereocenters. The van der Waals surface area contributed by atoms with Crippen molar-refractivity contribution in [1.82, 2.24) is 0 Å². The van der Waals surface area contributed by atoms with Gasteiger partial charge in [0, 0.05) is 22.0 Å². The monoisotopic (exact) mass is 319 g/mol. The summed E-state index contributed by atoms with van der Waals surface area (Å²) in [6, 6.07) is 18.1. The zero-order valence-corrected chi connectivity index (χ0v) is 13.0. The van der Waals surface area contributed by atoms with Crippen LogP contribution in [0.15, 0.2) is 65.1 Å². The van der Waals surface area contributed by atoms with Crippen LogP contribution < -0.4 is 5.32 Å². The largest absolute Gasteiger partial charge is 0.448 e. The lowest BCUT2D eigenvalue weighted by Crippen LogP contribution is -2.12. The molecule has 0 aliphatic heterocycles. The van der Waals surface area contributed by atoms with Crippen LogP contribution in [0.2, 0.25) is 0 Å². The molecule has 0 saturated carbocycles. The van der Waals surface area contributed by atoms with Gasteiger partial charge in [-0.25, -0.2) is 4.39 Å². The topological polar surface area (TPSA) is 42.2 Å². The molecular formula is C20H14FNO2. The average molecular weight is 319 g/mol. The lowest BCUT2D eigenvalue weighted by molar-refractivity contribution is 0.0998. The van der Waals surface area contributed by atoms with E-state index in [1.807, 2.05) is 42.5 Å². The van der Waals surface area contributed by atoms with Gasteiger partial charge in [-0.15, -0.1) is 0 Å².